The molecule has 0 bridgehead atoms. The zero-order chi connectivity index (χ0) is 18.0. The number of hydrogen-bond donors (Lipinski definition) is 2. The van der Waals surface area contributed by atoms with Gasteiger partial charge in [-0.2, -0.15) is 0 Å². The van der Waals surface area contributed by atoms with Crippen LogP contribution < -0.4 is 10.9 Å². The molecule has 2 N–H and O–H groups in total. The fraction of sp³-hybridized carbons (Fsp3) is 0.600. The Morgan fingerprint density at radius 2 is 2.12 bits per heavy atom. The molecular formula is C20H30ClN3O2. The van der Waals surface area contributed by atoms with E-state index >= 15 is 0 Å². The van der Waals surface area contributed by atoms with Gasteiger partial charge in [0.1, 0.15) is 0 Å². The Kier molecular flexibility index (Phi) is 7.21. The fourth-order valence-electron chi connectivity index (χ4n) is 3.70. The molecule has 3 rings (SSSR count). The lowest BCUT2D eigenvalue weighted by atomic mass is 9.98. The molecule has 2 aromatic rings. The first kappa shape index (κ1) is 20.9. The van der Waals surface area contributed by atoms with Gasteiger partial charge in [-0.1, -0.05) is 26.3 Å². The number of aromatic nitrogens is 2. The molecule has 0 aliphatic carbocycles. The first-order chi connectivity index (χ1) is 12.0. The molecule has 0 saturated carbocycles. The predicted octanol–water partition coefficient (Wildman–Crippen LogP) is 3.14. The van der Waals surface area contributed by atoms with Crippen LogP contribution in [0.5, 0.6) is 0 Å². The smallest absolute Gasteiger partial charge is 0.261 e. The Bertz CT molecular complexity index is 797. The van der Waals surface area contributed by atoms with Gasteiger partial charge in [0, 0.05) is 6.04 Å². The number of hydrogen-bond acceptors (Lipinski definition) is 4. The number of aryl methyl sites for hydroxylation is 1. The summed E-state index contributed by atoms with van der Waals surface area (Å²) in [5, 5.41) is 14.5. The summed E-state index contributed by atoms with van der Waals surface area (Å²) in [6.07, 6.45) is 5.22. The molecule has 0 radical (unpaired) electrons. The number of rotatable bonds is 5. The molecule has 2 heterocycles. The van der Waals surface area contributed by atoms with Gasteiger partial charge in [0.15, 0.2) is 0 Å². The summed E-state index contributed by atoms with van der Waals surface area (Å²) in [4.78, 5) is 17.4. The summed E-state index contributed by atoms with van der Waals surface area (Å²) in [7, 11) is 0. The van der Waals surface area contributed by atoms with Gasteiger partial charge in [-0.05, 0) is 55.8 Å². The van der Waals surface area contributed by atoms with E-state index in [1.54, 1.807) is 10.9 Å². The number of aliphatic hydroxyl groups is 1. The largest absolute Gasteiger partial charge is 0.391 e. The van der Waals surface area contributed by atoms with Crippen molar-refractivity contribution in [3.63, 3.8) is 0 Å². The second-order valence-corrected chi connectivity index (χ2v) is 7.63. The minimum Gasteiger partial charge on any atom is -0.391 e. The maximum atomic E-state index is 12.9. The van der Waals surface area contributed by atoms with E-state index in [0.717, 1.165) is 29.6 Å². The molecule has 1 fully saturated rings. The van der Waals surface area contributed by atoms with Crippen LogP contribution in [0.25, 0.3) is 10.9 Å². The van der Waals surface area contributed by atoms with E-state index in [0.29, 0.717) is 30.3 Å². The molecule has 0 amide bonds. The summed E-state index contributed by atoms with van der Waals surface area (Å²) in [5.41, 5.74) is 2.87. The van der Waals surface area contributed by atoms with E-state index in [2.05, 4.69) is 30.2 Å². The quantitative estimate of drug-likeness (QED) is 0.837. The van der Waals surface area contributed by atoms with Gasteiger partial charge < -0.3 is 10.4 Å². The van der Waals surface area contributed by atoms with Crippen LogP contribution in [0.1, 0.15) is 56.6 Å². The number of fused-ring (bicyclic) bond motifs is 1. The minimum atomic E-state index is -0.540. The van der Waals surface area contributed by atoms with Crippen molar-refractivity contribution >= 4 is 23.3 Å². The van der Waals surface area contributed by atoms with Gasteiger partial charge >= 0.3 is 0 Å². The summed E-state index contributed by atoms with van der Waals surface area (Å²) < 4.78 is 1.55. The topological polar surface area (TPSA) is 67.2 Å². The van der Waals surface area contributed by atoms with Crippen molar-refractivity contribution in [3.8, 4) is 0 Å². The lowest BCUT2D eigenvalue weighted by molar-refractivity contribution is 0.123. The molecule has 1 aliphatic heterocycles. The van der Waals surface area contributed by atoms with Crippen molar-refractivity contribution in [1.82, 2.24) is 14.9 Å². The highest BCUT2D eigenvalue weighted by atomic mass is 35.5. The van der Waals surface area contributed by atoms with E-state index < -0.39 is 6.10 Å². The predicted molar refractivity (Wildman–Crippen MR) is 108 cm³/mol. The first-order valence-electron chi connectivity index (χ1n) is 9.37. The van der Waals surface area contributed by atoms with Crippen LogP contribution in [0.15, 0.2) is 23.3 Å². The molecular weight excluding hydrogens is 350 g/mol. The van der Waals surface area contributed by atoms with E-state index in [1.165, 1.54) is 12.8 Å². The van der Waals surface area contributed by atoms with Gasteiger partial charge in [0.2, 0.25) is 0 Å². The average molecular weight is 380 g/mol. The number of nitrogens with zero attached hydrogens (tertiary/aromatic N) is 2. The maximum absolute atomic E-state index is 12.9. The van der Waals surface area contributed by atoms with Crippen LogP contribution >= 0.6 is 12.4 Å². The fourth-order valence-corrected chi connectivity index (χ4v) is 3.70. The first-order valence-corrected chi connectivity index (χ1v) is 9.37. The highest BCUT2D eigenvalue weighted by Gasteiger charge is 2.18. The Morgan fingerprint density at radius 1 is 1.35 bits per heavy atom. The number of benzene rings is 1. The number of aliphatic hydroxyl groups excluding tert-OH is 1. The molecule has 6 heteroatoms. The van der Waals surface area contributed by atoms with Crippen molar-refractivity contribution in [1.29, 1.82) is 0 Å². The van der Waals surface area contributed by atoms with Crippen LogP contribution in [0, 0.1) is 6.92 Å². The summed E-state index contributed by atoms with van der Waals surface area (Å²) in [6, 6.07) is 4.41. The van der Waals surface area contributed by atoms with E-state index in [9.17, 15) is 9.90 Å². The Labute approximate surface area is 161 Å². The van der Waals surface area contributed by atoms with Crippen LogP contribution in [-0.2, 0) is 6.54 Å². The normalized spacial score (nSPS) is 18.7. The van der Waals surface area contributed by atoms with Gasteiger partial charge in [-0.15, -0.1) is 12.4 Å². The van der Waals surface area contributed by atoms with Gasteiger partial charge in [0.25, 0.3) is 5.56 Å². The average Bonchev–Trinajstić information content (AvgIpc) is 2.58. The molecule has 26 heavy (non-hydrogen) atoms. The molecule has 1 aliphatic rings. The van der Waals surface area contributed by atoms with E-state index in [4.69, 9.17) is 0 Å². The van der Waals surface area contributed by atoms with Crippen LogP contribution in [0.2, 0.25) is 0 Å². The van der Waals surface area contributed by atoms with Gasteiger partial charge in [0.05, 0.1) is 29.9 Å². The highest BCUT2D eigenvalue weighted by Crippen LogP contribution is 2.21. The Hall–Kier alpha value is -1.43. The van der Waals surface area contributed by atoms with Crippen molar-refractivity contribution in [2.24, 2.45) is 0 Å². The monoisotopic (exact) mass is 379 g/mol. The molecule has 144 valence electrons. The Balaban J connectivity index is 0.00000243. The number of nitrogens with one attached hydrogen (secondary N) is 1. The zero-order valence-corrected chi connectivity index (χ0v) is 16.7. The molecule has 1 saturated heterocycles. The minimum absolute atomic E-state index is 0. The SMILES string of the molecule is Cc1cc(C(C)C)cc2c(=O)n(CC(O)CC3CCCCN3)cnc12.Cl. The highest BCUT2D eigenvalue weighted by molar-refractivity contribution is 5.85. The third-order valence-electron chi connectivity index (χ3n) is 5.18. The van der Waals surface area contributed by atoms with Crippen molar-refractivity contribution in [3.05, 3.63) is 39.9 Å². The maximum Gasteiger partial charge on any atom is 0.261 e. The van der Waals surface area contributed by atoms with Crippen LogP contribution in [0.4, 0.5) is 0 Å². The lowest BCUT2D eigenvalue weighted by Crippen LogP contribution is -2.38. The van der Waals surface area contributed by atoms with Crippen LogP contribution in [-0.4, -0.2) is 33.3 Å². The van der Waals surface area contributed by atoms with Gasteiger partial charge in [-0.25, -0.2) is 4.98 Å². The second-order valence-electron chi connectivity index (χ2n) is 7.63. The van der Waals surface area contributed by atoms with Crippen LogP contribution in [0.3, 0.4) is 0 Å². The summed E-state index contributed by atoms with van der Waals surface area (Å²) >= 11 is 0. The molecule has 1 aromatic heterocycles. The number of piperidine rings is 1. The number of halogens is 1. The molecule has 0 spiro atoms. The van der Waals surface area contributed by atoms with Crippen molar-refractivity contribution in [2.75, 3.05) is 6.54 Å². The molecule has 5 nitrogen and oxygen atoms in total. The lowest BCUT2D eigenvalue weighted by Gasteiger charge is -2.25. The standard InChI is InChI=1S/C20H29N3O2.ClH/c1-13(2)15-8-14(3)19-18(9-15)20(25)23(12-22-19)11-17(24)10-16-6-4-5-7-21-16;/h8-9,12-13,16-17,21,24H,4-7,10-11H2,1-3H3;1H. The van der Waals surface area contributed by atoms with Crippen molar-refractivity contribution < 1.29 is 5.11 Å². The third-order valence-corrected chi connectivity index (χ3v) is 5.18. The van der Waals surface area contributed by atoms with E-state index in [1.807, 2.05) is 13.0 Å². The zero-order valence-electron chi connectivity index (χ0n) is 15.9. The molecule has 1 aromatic carbocycles. The summed E-state index contributed by atoms with van der Waals surface area (Å²) in [6.45, 7) is 7.55. The summed E-state index contributed by atoms with van der Waals surface area (Å²) in [5.74, 6) is 0.360. The third kappa shape index (κ3) is 4.64. The Morgan fingerprint density at radius 3 is 2.77 bits per heavy atom. The second kappa shape index (κ2) is 8.98. The van der Waals surface area contributed by atoms with Gasteiger partial charge in [-0.3, -0.25) is 9.36 Å². The molecule has 2 unspecified atom stereocenters. The van der Waals surface area contributed by atoms with Crippen molar-refractivity contribution in [2.45, 2.75) is 71.1 Å². The van der Waals surface area contributed by atoms with E-state index in [-0.39, 0.29) is 18.0 Å². The molecule has 2 atom stereocenters.